The molecule has 3 heterocycles. The highest BCUT2D eigenvalue weighted by molar-refractivity contribution is 7.99. The fourth-order valence-corrected chi connectivity index (χ4v) is 4.93. The standard InChI is InChI=1S/C15H25N3OS/c1-16-13(14-17-6-7-18(14)2)12-3-8-19-15(11-12)4-9-20-10-5-15/h6-7,12-13,16H,3-5,8-11H2,1-2H3. The molecule has 2 fully saturated rings. The Morgan fingerprint density at radius 3 is 2.95 bits per heavy atom. The molecule has 1 aromatic rings. The van der Waals surface area contributed by atoms with Crippen LogP contribution in [-0.2, 0) is 11.8 Å². The third-order valence-electron chi connectivity index (χ3n) is 4.85. The van der Waals surface area contributed by atoms with Gasteiger partial charge in [0.2, 0.25) is 0 Å². The minimum absolute atomic E-state index is 0.147. The maximum Gasteiger partial charge on any atom is 0.125 e. The second-order valence-corrected chi connectivity index (χ2v) is 7.28. The van der Waals surface area contributed by atoms with E-state index >= 15 is 0 Å². The van der Waals surface area contributed by atoms with Crippen molar-refractivity contribution in [1.82, 2.24) is 14.9 Å². The average molecular weight is 295 g/mol. The number of hydrogen-bond donors (Lipinski definition) is 1. The van der Waals surface area contributed by atoms with Crippen LogP contribution in [0.25, 0.3) is 0 Å². The summed E-state index contributed by atoms with van der Waals surface area (Å²) in [4.78, 5) is 4.55. The van der Waals surface area contributed by atoms with Gasteiger partial charge in [0, 0.05) is 26.0 Å². The lowest BCUT2D eigenvalue weighted by Gasteiger charge is -2.45. The van der Waals surface area contributed by atoms with Crippen LogP contribution in [0.5, 0.6) is 0 Å². The lowest BCUT2D eigenvalue weighted by atomic mass is 9.78. The number of rotatable bonds is 3. The summed E-state index contributed by atoms with van der Waals surface area (Å²) in [7, 11) is 4.14. The second kappa shape index (κ2) is 6.08. The molecule has 1 spiro atoms. The summed E-state index contributed by atoms with van der Waals surface area (Å²) in [5.74, 6) is 4.27. The van der Waals surface area contributed by atoms with Crippen LogP contribution in [0.1, 0.15) is 37.5 Å². The third-order valence-corrected chi connectivity index (χ3v) is 5.84. The molecule has 1 aromatic heterocycles. The second-order valence-electron chi connectivity index (χ2n) is 6.06. The van der Waals surface area contributed by atoms with Crippen molar-refractivity contribution in [3.05, 3.63) is 18.2 Å². The van der Waals surface area contributed by atoms with Gasteiger partial charge >= 0.3 is 0 Å². The molecule has 2 aliphatic rings. The molecule has 1 N–H and O–H groups in total. The number of hydrogen-bond acceptors (Lipinski definition) is 4. The van der Waals surface area contributed by atoms with Crippen molar-refractivity contribution in [2.75, 3.05) is 25.2 Å². The predicted octanol–water partition coefficient (Wildman–Crippen LogP) is 2.37. The van der Waals surface area contributed by atoms with Crippen molar-refractivity contribution in [2.45, 2.75) is 37.3 Å². The summed E-state index contributed by atoms with van der Waals surface area (Å²) in [5.41, 5.74) is 0.147. The maximum absolute atomic E-state index is 6.21. The number of ether oxygens (including phenoxy) is 1. The van der Waals surface area contributed by atoms with Gasteiger partial charge in [-0.2, -0.15) is 11.8 Å². The first-order valence-corrected chi connectivity index (χ1v) is 8.76. The van der Waals surface area contributed by atoms with Crippen LogP contribution >= 0.6 is 11.8 Å². The Labute approximate surface area is 125 Å². The summed E-state index contributed by atoms with van der Waals surface area (Å²) in [6.45, 7) is 0.901. The first-order chi connectivity index (χ1) is 9.74. The van der Waals surface area contributed by atoms with Gasteiger partial charge in [0.25, 0.3) is 0 Å². The van der Waals surface area contributed by atoms with Crippen molar-refractivity contribution >= 4 is 11.8 Å². The van der Waals surface area contributed by atoms with Crippen LogP contribution in [0, 0.1) is 5.92 Å². The van der Waals surface area contributed by atoms with E-state index in [1.807, 2.05) is 12.4 Å². The Hall–Kier alpha value is -0.520. The minimum Gasteiger partial charge on any atom is -0.375 e. The van der Waals surface area contributed by atoms with Crippen molar-refractivity contribution in [3.8, 4) is 0 Å². The molecule has 2 aliphatic heterocycles. The summed E-state index contributed by atoms with van der Waals surface area (Å²) in [5, 5.41) is 3.49. The fourth-order valence-electron chi connectivity index (χ4n) is 3.69. The summed E-state index contributed by atoms with van der Waals surface area (Å²) >= 11 is 2.07. The number of thioether (sulfide) groups is 1. The van der Waals surface area contributed by atoms with E-state index in [4.69, 9.17) is 4.74 Å². The van der Waals surface area contributed by atoms with Gasteiger partial charge < -0.3 is 14.6 Å². The zero-order valence-electron chi connectivity index (χ0n) is 12.5. The molecule has 0 saturated carbocycles. The number of nitrogens with zero attached hydrogens (tertiary/aromatic N) is 2. The first-order valence-electron chi connectivity index (χ1n) is 7.60. The topological polar surface area (TPSA) is 39.1 Å². The van der Waals surface area contributed by atoms with Gasteiger partial charge in [0.1, 0.15) is 5.82 Å². The van der Waals surface area contributed by atoms with Crippen LogP contribution in [0.15, 0.2) is 12.4 Å². The van der Waals surface area contributed by atoms with Gasteiger partial charge in [-0.3, -0.25) is 0 Å². The van der Waals surface area contributed by atoms with Crippen LogP contribution in [0.4, 0.5) is 0 Å². The van der Waals surface area contributed by atoms with E-state index in [2.05, 4.69) is 40.7 Å². The van der Waals surface area contributed by atoms with E-state index in [9.17, 15) is 0 Å². The molecule has 0 aromatic carbocycles. The molecule has 20 heavy (non-hydrogen) atoms. The molecule has 0 amide bonds. The molecule has 2 atom stereocenters. The molecule has 5 heteroatoms. The Bertz CT molecular complexity index is 437. The highest BCUT2D eigenvalue weighted by atomic mass is 32.2. The predicted molar refractivity (Wildman–Crippen MR) is 83.0 cm³/mol. The van der Waals surface area contributed by atoms with Crippen LogP contribution in [0.3, 0.4) is 0 Å². The Morgan fingerprint density at radius 2 is 2.30 bits per heavy atom. The monoisotopic (exact) mass is 295 g/mol. The molecule has 2 unspecified atom stereocenters. The number of imidazole rings is 1. The molecule has 0 bridgehead atoms. The van der Waals surface area contributed by atoms with Gasteiger partial charge in [-0.05, 0) is 50.2 Å². The van der Waals surface area contributed by atoms with Gasteiger partial charge in [-0.25, -0.2) is 4.98 Å². The molecule has 4 nitrogen and oxygen atoms in total. The van der Waals surface area contributed by atoms with E-state index in [1.165, 1.54) is 30.8 Å². The summed E-state index contributed by atoms with van der Waals surface area (Å²) in [6, 6.07) is 0.338. The SMILES string of the molecule is CNC(c1nccn1C)C1CCOC2(CCSCC2)C1. The van der Waals surface area contributed by atoms with Gasteiger partial charge in [-0.15, -0.1) is 0 Å². The molecular weight excluding hydrogens is 270 g/mol. The van der Waals surface area contributed by atoms with Crippen LogP contribution < -0.4 is 5.32 Å². The Balaban J connectivity index is 1.76. The lowest BCUT2D eigenvalue weighted by Crippen LogP contribution is -2.45. The van der Waals surface area contributed by atoms with Crippen LogP contribution in [0.2, 0.25) is 0 Å². The van der Waals surface area contributed by atoms with E-state index in [0.29, 0.717) is 12.0 Å². The summed E-state index contributed by atoms with van der Waals surface area (Å²) < 4.78 is 8.35. The molecule has 0 radical (unpaired) electrons. The van der Waals surface area contributed by atoms with Gasteiger partial charge in [-0.1, -0.05) is 0 Å². The molecule has 3 rings (SSSR count). The van der Waals surface area contributed by atoms with Gasteiger partial charge in [0.15, 0.2) is 0 Å². The van der Waals surface area contributed by atoms with E-state index in [-0.39, 0.29) is 5.60 Å². The zero-order valence-corrected chi connectivity index (χ0v) is 13.3. The van der Waals surface area contributed by atoms with Crippen molar-refractivity contribution in [2.24, 2.45) is 13.0 Å². The van der Waals surface area contributed by atoms with Crippen molar-refractivity contribution in [1.29, 1.82) is 0 Å². The van der Waals surface area contributed by atoms with E-state index in [0.717, 1.165) is 18.9 Å². The number of aromatic nitrogens is 2. The highest BCUT2D eigenvalue weighted by Crippen LogP contribution is 2.43. The molecular formula is C15H25N3OS. The van der Waals surface area contributed by atoms with E-state index in [1.54, 1.807) is 0 Å². The average Bonchev–Trinajstić information content (AvgIpc) is 2.87. The van der Waals surface area contributed by atoms with Crippen LogP contribution in [-0.4, -0.2) is 40.3 Å². The highest BCUT2D eigenvalue weighted by Gasteiger charge is 2.41. The number of nitrogens with one attached hydrogen (secondary N) is 1. The van der Waals surface area contributed by atoms with E-state index < -0.39 is 0 Å². The normalized spacial score (nSPS) is 27.6. The van der Waals surface area contributed by atoms with Crippen molar-refractivity contribution < 1.29 is 4.74 Å². The van der Waals surface area contributed by atoms with Crippen molar-refractivity contribution in [3.63, 3.8) is 0 Å². The smallest absolute Gasteiger partial charge is 0.125 e. The zero-order chi connectivity index (χ0) is 14.0. The third kappa shape index (κ3) is 2.76. The quantitative estimate of drug-likeness (QED) is 0.929. The Morgan fingerprint density at radius 1 is 1.50 bits per heavy atom. The summed E-state index contributed by atoms with van der Waals surface area (Å²) in [6.07, 6.45) is 8.66. The molecule has 0 aliphatic carbocycles. The fraction of sp³-hybridized carbons (Fsp3) is 0.800. The number of aryl methyl sites for hydroxylation is 1. The maximum atomic E-state index is 6.21. The van der Waals surface area contributed by atoms with Gasteiger partial charge in [0.05, 0.1) is 11.6 Å². The molecule has 2 saturated heterocycles. The lowest BCUT2D eigenvalue weighted by molar-refractivity contribution is -0.107. The molecule has 112 valence electrons. The minimum atomic E-state index is 0.147. The largest absolute Gasteiger partial charge is 0.375 e. The Kier molecular flexibility index (Phi) is 4.38. The first kappa shape index (κ1) is 14.4.